The van der Waals surface area contributed by atoms with E-state index in [1.807, 2.05) is 43.3 Å². The highest BCUT2D eigenvalue weighted by Gasteiger charge is 2.41. The Hall–Kier alpha value is -3.32. The molecule has 2 aliphatic heterocycles. The van der Waals surface area contributed by atoms with Gasteiger partial charge in [-0.05, 0) is 86.5 Å². The van der Waals surface area contributed by atoms with Gasteiger partial charge in [-0.1, -0.05) is 18.2 Å². The van der Waals surface area contributed by atoms with Gasteiger partial charge in [0.2, 0.25) is 0 Å². The third-order valence-electron chi connectivity index (χ3n) is 7.46. The maximum atomic E-state index is 12.6. The van der Waals surface area contributed by atoms with E-state index in [2.05, 4.69) is 11.0 Å². The molecule has 5 rings (SSSR count). The molecule has 0 amide bonds. The van der Waals surface area contributed by atoms with E-state index in [4.69, 9.17) is 9.47 Å². The molecule has 2 aromatic carbocycles. The van der Waals surface area contributed by atoms with Crippen molar-refractivity contribution in [2.45, 2.75) is 45.7 Å². The van der Waals surface area contributed by atoms with Gasteiger partial charge in [-0.2, -0.15) is 0 Å². The number of fused-ring (bicyclic) bond motifs is 2. The van der Waals surface area contributed by atoms with E-state index in [1.165, 1.54) is 0 Å². The van der Waals surface area contributed by atoms with Crippen LogP contribution < -0.4 is 15.0 Å². The third-order valence-corrected chi connectivity index (χ3v) is 7.46. The zero-order valence-corrected chi connectivity index (χ0v) is 20.2. The molecule has 1 aromatic heterocycles. The van der Waals surface area contributed by atoms with Crippen LogP contribution in [0.4, 0.5) is 0 Å². The molecular formula is C28H32N2O5. The zero-order chi connectivity index (χ0) is 24.4. The highest BCUT2D eigenvalue weighted by molar-refractivity contribution is 5.79. The number of benzene rings is 2. The summed E-state index contributed by atoms with van der Waals surface area (Å²) < 4.78 is 13.1. The summed E-state index contributed by atoms with van der Waals surface area (Å²) in [4.78, 5) is 27.2. The summed E-state index contributed by atoms with van der Waals surface area (Å²) in [6, 6.07) is 15.6. The lowest BCUT2D eigenvalue weighted by atomic mass is 9.74. The largest absolute Gasteiger partial charge is 0.486 e. The minimum absolute atomic E-state index is 0.0401. The van der Waals surface area contributed by atoms with E-state index >= 15 is 0 Å². The predicted molar refractivity (Wildman–Crippen MR) is 134 cm³/mol. The molecule has 0 aliphatic carbocycles. The fraction of sp³-hybridized carbons (Fsp3) is 0.429. The number of aliphatic carboxylic acids is 1. The van der Waals surface area contributed by atoms with Gasteiger partial charge in [0.25, 0.3) is 5.56 Å². The highest BCUT2D eigenvalue weighted by atomic mass is 16.6. The number of hydrogen-bond donors (Lipinski definition) is 1. The maximum absolute atomic E-state index is 12.6. The van der Waals surface area contributed by atoms with Crippen molar-refractivity contribution in [3.8, 4) is 11.5 Å². The molecule has 7 nitrogen and oxygen atoms in total. The van der Waals surface area contributed by atoms with Crippen LogP contribution in [0.1, 0.15) is 36.8 Å². The second-order valence-corrected chi connectivity index (χ2v) is 9.83. The standard InChI is InChI=1S/C28H32N2O5/c1-20-3-5-22-6-8-26(31)30(23(22)17-20)12-2-9-28(27(32)33)10-13-29(14-11-28)19-21-4-7-24-25(18-21)35-16-15-34-24/h3-8,17-18H,2,9-16,19H2,1H3,(H,32,33). The summed E-state index contributed by atoms with van der Waals surface area (Å²) in [5.41, 5.74) is 2.37. The van der Waals surface area contributed by atoms with Gasteiger partial charge in [0.15, 0.2) is 11.5 Å². The topological polar surface area (TPSA) is 81.0 Å². The van der Waals surface area contributed by atoms with Crippen molar-refractivity contribution in [1.29, 1.82) is 0 Å². The van der Waals surface area contributed by atoms with E-state index < -0.39 is 11.4 Å². The number of carboxylic acid groups (broad SMARTS) is 1. The molecule has 1 N–H and O–H groups in total. The smallest absolute Gasteiger partial charge is 0.309 e. The summed E-state index contributed by atoms with van der Waals surface area (Å²) in [6.07, 6.45) is 2.43. The van der Waals surface area contributed by atoms with Gasteiger partial charge in [0.1, 0.15) is 13.2 Å². The first-order valence-corrected chi connectivity index (χ1v) is 12.4. The molecule has 2 aliphatic rings. The fourth-order valence-corrected chi connectivity index (χ4v) is 5.36. The number of piperidine rings is 1. The molecule has 35 heavy (non-hydrogen) atoms. The second kappa shape index (κ2) is 9.74. The van der Waals surface area contributed by atoms with Crippen molar-refractivity contribution in [1.82, 2.24) is 9.47 Å². The molecule has 1 saturated heterocycles. The summed E-state index contributed by atoms with van der Waals surface area (Å²) in [5.74, 6) is 0.839. The fourth-order valence-electron chi connectivity index (χ4n) is 5.36. The summed E-state index contributed by atoms with van der Waals surface area (Å²) in [7, 11) is 0. The van der Waals surface area contributed by atoms with Gasteiger partial charge < -0.3 is 19.1 Å². The number of aromatic nitrogens is 1. The minimum Gasteiger partial charge on any atom is -0.486 e. The Balaban J connectivity index is 1.22. The first kappa shape index (κ1) is 23.4. The quantitative estimate of drug-likeness (QED) is 0.550. The van der Waals surface area contributed by atoms with Crippen LogP contribution in [0.2, 0.25) is 0 Å². The highest BCUT2D eigenvalue weighted by Crippen LogP contribution is 2.38. The van der Waals surface area contributed by atoms with Crippen molar-refractivity contribution < 1.29 is 19.4 Å². The number of ether oxygens (including phenoxy) is 2. The Morgan fingerprint density at radius 2 is 1.74 bits per heavy atom. The predicted octanol–water partition coefficient (Wildman–Crippen LogP) is 4.23. The molecule has 0 unspecified atom stereocenters. The van der Waals surface area contributed by atoms with E-state index in [9.17, 15) is 14.7 Å². The number of carbonyl (C=O) groups is 1. The molecule has 0 spiro atoms. The number of nitrogens with zero attached hydrogens (tertiary/aromatic N) is 2. The minimum atomic E-state index is -0.743. The van der Waals surface area contributed by atoms with Crippen molar-refractivity contribution in [3.05, 3.63) is 70.0 Å². The van der Waals surface area contributed by atoms with Gasteiger partial charge in [-0.15, -0.1) is 0 Å². The van der Waals surface area contributed by atoms with Crippen molar-refractivity contribution in [3.63, 3.8) is 0 Å². The number of rotatable bonds is 7. The Morgan fingerprint density at radius 3 is 2.51 bits per heavy atom. The second-order valence-electron chi connectivity index (χ2n) is 9.83. The summed E-state index contributed by atoms with van der Waals surface area (Å²) in [6.45, 7) is 5.89. The Bertz CT molecular complexity index is 1290. The number of likely N-dealkylation sites (tertiary alicyclic amines) is 1. The third kappa shape index (κ3) is 4.91. The normalized spacial score (nSPS) is 17.4. The maximum Gasteiger partial charge on any atom is 0.309 e. The van der Waals surface area contributed by atoms with Crippen LogP contribution in [0, 0.1) is 12.3 Å². The van der Waals surface area contributed by atoms with Crippen LogP contribution in [-0.2, 0) is 17.9 Å². The Labute approximate surface area is 204 Å². The van der Waals surface area contributed by atoms with Crippen LogP contribution in [0.5, 0.6) is 11.5 Å². The average Bonchev–Trinajstić information content (AvgIpc) is 2.86. The first-order valence-electron chi connectivity index (χ1n) is 12.4. The SMILES string of the molecule is Cc1ccc2ccc(=O)n(CCCC3(C(=O)O)CCN(Cc4ccc5c(c4)OCCO5)CC3)c2c1. The van der Waals surface area contributed by atoms with E-state index in [1.54, 1.807) is 10.6 Å². The van der Waals surface area contributed by atoms with Gasteiger partial charge in [0, 0.05) is 19.2 Å². The Morgan fingerprint density at radius 1 is 1.00 bits per heavy atom. The van der Waals surface area contributed by atoms with Crippen LogP contribution in [0.25, 0.3) is 10.9 Å². The molecule has 0 radical (unpaired) electrons. The molecule has 0 bridgehead atoms. The lowest BCUT2D eigenvalue weighted by Gasteiger charge is -2.39. The monoisotopic (exact) mass is 476 g/mol. The number of pyridine rings is 1. The van der Waals surface area contributed by atoms with Crippen LogP contribution >= 0.6 is 0 Å². The zero-order valence-electron chi connectivity index (χ0n) is 20.2. The molecular weight excluding hydrogens is 444 g/mol. The molecule has 184 valence electrons. The molecule has 3 heterocycles. The number of carboxylic acids is 1. The average molecular weight is 477 g/mol. The molecule has 7 heteroatoms. The van der Waals surface area contributed by atoms with Gasteiger partial charge in [-0.3, -0.25) is 14.5 Å². The lowest BCUT2D eigenvalue weighted by molar-refractivity contribution is -0.152. The van der Waals surface area contributed by atoms with Gasteiger partial charge in [-0.25, -0.2) is 0 Å². The van der Waals surface area contributed by atoms with Gasteiger partial charge in [0.05, 0.1) is 10.9 Å². The van der Waals surface area contributed by atoms with Crippen molar-refractivity contribution >= 4 is 16.9 Å². The number of hydrogen-bond acceptors (Lipinski definition) is 5. The number of aryl methyl sites for hydroxylation is 2. The first-order chi connectivity index (χ1) is 16.9. The molecule has 0 atom stereocenters. The van der Waals surface area contributed by atoms with E-state index in [0.717, 1.165) is 53.2 Å². The lowest BCUT2D eigenvalue weighted by Crippen LogP contribution is -2.44. The van der Waals surface area contributed by atoms with Crippen molar-refractivity contribution in [2.75, 3.05) is 26.3 Å². The van der Waals surface area contributed by atoms with E-state index in [-0.39, 0.29) is 5.56 Å². The summed E-state index contributed by atoms with van der Waals surface area (Å²) >= 11 is 0. The van der Waals surface area contributed by atoms with Crippen LogP contribution in [0.3, 0.4) is 0 Å². The van der Waals surface area contributed by atoms with E-state index in [0.29, 0.717) is 45.4 Å². The van der Waals surface area contributed by atoms with Crippen molar-refractivity contribution in [2.24, 2.45) is 5.41 Å². The van der Waals surface area contributed by atoms with Crippen LogP contribution in [0.15, 0.2) is 53.3 Å². The Kier molecular flexibility index (Phi) is 6.52. The molecule has 0 saturated carbocycles. The summed E-state index contributed by atoms with van der Waals surface area (Å²) in [5, 5.41) is 11.2. The molecule has 3 aromatic rings. The molecule has 1 fully saturated rings. The van der Waals surface area contributed by atoms with Gasteiger partial charge >= 0.3 is 5.97 Å². The van der Waals surface area contributed by atoms with Crippen LogP contribution in [-0.4, -0.2) is 46.8 Å².